The normalized spacial score (nSPS) is 12.4. The average molecular weight is 549 g/mol. The van der Waals surface area contributed by atoms with Crippen molar-refractivity contribution in [3.63, 3.8) is 0 Å². The molecule has 11 heteroatoms. The van der Waals surface area contributed by atoms with Gasteiger partial charge in [-0.3, -0.25) is 19.2 Å². The zero-order valence-electron chi connectivity index (χ0n) is 21.8. The number of carboxylic acids is 1. The van der Waals surface area contributed by atoms with Crippen molar-refractivity contribution in [1.82, 2.24) is 10.6 Å². The van der Waals surface area contributed by atoms with E-state index in [0.717, 1.165) is 5.56 Å². The highest BCUT2D eigenvalue weighted by Gasteiger charge is 2.30. The van der Waals surface area contributed by atoms with Gasteiger partial charge in [-0.1, -0.05) is 26.0 Å². The molecule has 0 aliphatic heterocycles. The Morgan fingerprint density at radius 1 is 1.00 bits per heavy atom. The first kappa shape index (κ1) is 30.6. The van der Waals surface area contributed by atoms with Crippen LogP contribution in [-0.4, -0.2) is 60.7 Å². The summed E-state index contributed by atoms with van der Waals surface area (Å²) >= 11 is 1.23. The van der Waals surface area contributed by atoms with E-state index in [1.165, 1.54) is 38.1 Å². The predicted octanol–water partition coefficient (Wildman–Crippen LogP) is 2.99. The second kappa shape index (κ2) is 15.0. The molecule has 2 amide bonds. The van der Waals surface area contributed by atoms with Gasteiger partial charge in [-0.15, -0.1) is 11.8 Å². The Morgan fingerprint density at radius 3 is 2.26 bits per heavy atom. The van der Waals surface area contributed by atoms with Gasteiger partial charge in [0.15, 0.2) is 5.78 Å². The van der Waals surface area contributed by atoms with E-state index in [-0.39, 0.29) is 23.9 Å². The summed E-state index contributed by atoms with van der Waals surface area (Å²) in [7, 11) is 2.98. The topological polar surface area (TPSA) is 131 Å². The van der Waals surface area contributed by atoms with Gasteiger partial charge in [-0.2, -0.15) is 0 Å². The maximum absolute atomic E-state index is 13.1. The number of carbonyl (C=O) groups is 4. The molecule has 0 spiro atoms. The zero-order valence-corrected chi connectivity index (χ0v) is 22.6. The van der Waals surface area contributed by atoms with Gasteiger partial charge in [0.2, 0.25) is 11.8 Å². The number of aliphatic carboxylic acids is 1. The van der Waals surface area contributed by atoms with Crippen LogP contribution in [0.2, 0.25) is 0 Å². The molecule has 2 unspecified atom stereocenters. The lowest BCUT2D eigenvalue weighted by atomic mass is 10.0. The third kappa shape index (κ3) is 9.70. The third-order valence-electron chi connectivity index (χ3n) is 5.61. The molecule has 0 bridgehead atoms. The van der Waals surface area contributed by atoms with Crippen LogP contribution in [0.5, 0.6) is 11.5 Å². The SMILES string of the molecule is COc1ccc(OC)c(CC(=O)NC(C(=O)NC(CC(=O)O)C(=O)CSCc2ccc(F)cc2)C(C)C)c1. The number of amides is 2. The molecule has 0 aliphatic carbocycles. The van der Waals surface area contributed by atoms with Crippen LogP contribution in [0.25, 0.3) is 0 Å². The zero-order chi connectivity index (χ0) is 28.2. The number of Topliss-reactive ketones (excluding diaryl/α,β-unsaturated/α-hetero) is 1. The first-order chi connectivity index (χ1) is 18.0. The largest absolute Gasteiger partial charge is 0.497 e. The number of hydrogen-bond acceptors (Lipinski definition) is 7. The maximum Gasteiger partial charge on any atom is 0.305 e. The van der Waals surface area contributed by atoms with E-state index in [2.05, 4.69) is 10.6 Å². The summed E-state index contributed by atoms with van der Waals surface area (Å²) in [4.78, 5) is 50.0. The molecule has 0 aliphatic rings. The Hall–Kier alpha value is -3.60. The number of methoxy groups -OCH3 is 2. The third-order valence-corrected chi connectivity index (χ3v) is 6.64. The summed E-state index contributed by atoms with van der Waals surface area (Å²) < 4.78 is 23.6. The van der Waals surface area contributed by atoms with Crippen molar-refractivity contribution in [2.24, 2.45) is 5.92 Å². The summed E-state index contributed by atoms with van der Waals surface area (Å²) in [6.45, 7) is 3.45. The van der Waals surface area contributed by atoms with Crippen molar-refractivity contribution < 1.29 is 38.1 Å². The van der Waals surface area contributed by atoms with Crippen LogP contribution in [-0.2, 0) is 31.4 Å². The molecule has 2 aromatic carbocycles. The lowest BCUT2D eigenvalue weighted by Crippen LogP contribution is -2.54. The number of thioether (sulfide) groups is 1. The van der Waals surface area contributed by atoms with E-state index in [1.54, 1.807) is 44.2 Å². The molecular weight excluding hydrogens is 515 g/mol. The van der Waals surface area contributed by atoms with E-state index in [4.69, 9.17) is 9.47 Å². The highest BCUT2D eigenvalue weighted by atomic mass is 32.2. The average Bonchev–Trinajstić information content (AvgIpc) is 2.87. The van der Waals surface area contributed by atoms with Crippen LogP contribution in [0.4, 0.5) is 4.39 Å². The molecule has 0 fully saturated rings. The summed E-state index contributed by atoms with van der Waals surface area (Å²) in [5.41, 5.74) is 1.36. The van der Waals surface area contributed by atoms with Crippen LogP contribution in [0.3, 0.4) is 0 Å². The Balaban J connectivity index is 2.04. The summed E-state index contributed by atoms with van der Waals surface area (Å²) in [6, 6.07) is 8.58. The Kier molecular flexibility index (Phi) is 12.1. The highest BCUT2D eigenvalue weighted by Crippen LogP contribution is 2.24. The fraction of sp³-hybridized carbons (Fsp3) is 0.407. The van der Waals surface area contributed by atoms with Crippen molar-refractivity contribution in [3.05, 3.63) is 59.4 Å². The van der Waals surface area contributed by atoms with Gasteiger partial charge in [0.05, 0.1) is 38.9 Å². The molecule has 0 saturated heterocycles. The standard InChI is InChI=1S/C27H33FN2O7S/c1-16(2)26(30-24(32)12-18-11-20(36-3)9-10-23(18)37-4)27(35)29-21(13-25(33)34)22(31)15-38-14-17-5-7-19(28)8-6-17/h5-11,16,21,26H,12-15H2,1-4H3,(H,29,35)(H,30,32)(H,33,34). The molecule has 9 nitrogen and oxygen atoms in total. The monoisotopic (exact) mass is 548 g/mol. The van der Waals surface area contributed by atoms with Gasteiger partial charge in [0, 0.05) is 11.3 Å². The van der Waals surface area contributed by atoms with Crippen LogP contribution in [0, 0.1) is 11.7 Å². The molecule has 38 heavy (non-hydrogen) atoms. The minimum absolute atomic E-state index is 0.0516. The van der Waals surface area contributed by atoms with Crippen molar-refractivity contribution >= 4 is 35.3 Å². The number of benzene rings is 2. The van der Waals surface area contributed by atoms with Crippen LogP contribution >= 0.6 is 11.8 Å². The molecule has 3 N–H and O–H groups in total. The molecule has 0 aromatic heterocycles. The Morgan fingerprint density at radius 2 is 1.68 bits per heavy atom. The maximum atomic E-state index is 13.1. The Labute approximate surface area is 225 Å². The van der Waals surface area contributed by atoms with Crippen LogP contribution in [0.1, 0.15) is 31.4 Å². The van der Waals surface area contributed by atoms with E-state index >= 15 is 0 Å². The molecule has 0 radical (unpaired) electrons. The fourth-order valence-corrected chi connectivity index (χ4v) is 4.52. The molecule has 2 rings (SSSR count). The fourth-order valence-electron chi connectivity index (χ4n) is 3.58. The van der Waals surface area contributed by atoms with E-state index in [1.807, 2.05) is 0 Å². The molecule has 2 atom stereocenters. The smallest absolute Gasteiger partial charge is 0.305 e. The number of ketones is 1. The van der Waals surface area contributed by atoms with Crippen molar-refractivity contribution in [2.45, 2.75) is 44.5 Å². The van der Waals surface area contributed by atoms with Gasteiger partial charge >= 0.3 is 5.97 Å². The number of ether oxygens (including phenoxy) is 2. The number of carbonyl (C=O) groups excluding carboxylic acids is 3. The van der Waals surface area contributed by atoms with Crippen molar-refractivity contribution in [1.29, 1.82) is 0 Å². The van der Waals surface area contributed by atoms with Crippen molar-refractivity contribution in [2.75, 3.05) is 20.0 Å². The second-order valence-corrected chi connectivity index (χ2v) is 9.87. The van der Waals surface area contributed by atoms with Crippen LogP contribution in [0.15, 0.2) is 42.5 Å². The van der Waals surface area contributed by atoms with E-state index in [0.29, 0.717) is 22.8 Å². The number of halogens is 1. The number of nitrogens with one attached hydrogen (secondary N) is 2. The molecule has 206 valence electrons. The summed E-state index contributed by atoms with van der Waals surface area (Å²) in [5, 5.41) is 14.5. The predicted molar refractivity (Wildman–Crippen MR) is 142 cm³/mol. The van der Waals surface area contributed by atoms with Gasteiger partial charge in [0.1, 0.15) is 23.4 Å². The minimum atomic E-state index is -1.27. The molecule has 0 saturated carbocycles. The Bertz CT molecular complexity index is 1120. The van der Waals surface area contributed by atoms with E-state index < -0.39 is 42.1 Å². The quantitative estimate of drug-likeness (QED) is 0.310. The van der Waals surface area contributed by atoms with Crippen molar-refractivity contribution in [3.8, 4) is 11.5 Å². The summed E-state index contributed by atoms with van der Waals surface area (Å²) in [5.74, 6) is -2.16. The lowest BCUT2D eigenvalue weighted by molar-refractivity contribution is -0.140. The number of rotatable bonds is 15. The highest BCUT2D eigenvalue weighted by molar-refractivity contribution is 7.99. The molecule has 2 aromatic rings. The summed E-state index contributed by atoms with van der Waals surface area (Å²) in [6.07, 6.45) is -0.685. The van der Waals surface area contributed by atoms with Gasteiger partial charge < -0.3 is 25.2 Å². The van der Waals surface area contributed by atoms with E-state index in [9.17, 15) is 28.7 Å². The molecular formula is C27H33FN2O7S. The first-order valence-electron chi connectivity index (χ1n) is 11.9. The van der Waals surface area contributed by atoms with Gasteiger partial charge in [-0.05, 0) is 41.8 Å². The minimum Gasteiger partial charge on any atom is -0.497 e. The van der Waals surface area contributed by atoms with Crippen LogP contribution < -0.4 is 20.1 Å². The number of carboxylic acid groups (broad SMARTS) is 1. The lowest BCUT2D eigenvalue weighted by Gasteiger charge is -2.25. The first-order valence-corrected chi connectivity index (χ1v) is 13.1. The van der Waals surface area contributed by atoms with Gasteiger partial charge in [-0.25, -0.2) is 4.39 Å². The van der Waals surface area contributed by atoms with Gasteiger partial charge in [0.25, 0.3) is 0 Å². The number of hydrogen-bond donors (Lipinski definition) is 3. The molecule has 0 heterocycles. The second-order valence-electron chi connectivity index (χ2n) is 8.89.